The Labute approximate surface area is 191 Å². The van der Waals surface area contributed by atoms with Crippen molar-refractivity contribution in [3.05, 3.63) is 48.5 Å². The zero-order valence-electron chi connectivity index (χ0n) is 17.4. The summed E-state index contributed by atoms with van der Waals surface area (Å²) in [5.74, 6) is 0.467. The van der Waals surface area contributed by atoms with Crippen molar-refractivity contribution in [1.29, 1.82) is 0 Å². The summed E-state index contributed by atoms with van der Waals surface area (Å²) >= 11 is 0. The first-order valence-electron chi connectivity index (χ1n) is 9.74. The maximum absolute atomic E-state index is 11.4. The van der Waals surface area contributed by atoms with Gasteiger partial charge in [0.25, 0.3) is 20.2 Å². The van der Waals surface area contributed by atoms with Crippen molar-refractivity contribution in [3.8, 4) is 0 Å². The van der Waals surface area contributed by atoms with Crippen LogP contribution in [0.3, 0.4) is 0 Å². The number of aromatic nitrogens is 3. The van der Waals surface area contributed by atoms with Crippen LogP contribution in [0.1, 0.15) is 19.8 Å². The van der Waals surface area contributed by atoms with Crippen molar-refractivity contribution in [2.24, 2.45) is 0 Å². The predicted octanol–water partition coefficient (Wildman–Crippen LogP) is 3.06. The van der Waals surface area contributed by atoms with Crippen molar-refractivity contribution in [1.82, 2.24) is 15.0 Å². The van der Waals surface area contributed by atoms with Crippen LogP contribution in [-0.4, -0.2) is 47.4 Å². The van der Waals surface area contributed by atoms with E-state index in [1.165, 1.54) is 42.5 Å². The second kappa shape index (κ2) is 10.1. The van der Waals surface area contributed by atoms with Gasteiger partial charge in [-0.05, 0) is 48.9 Å². The lowest BCUT2D eigenvalue weighted by Gasteiger charge is -2.12. The van der Waals surface area contributed by atoms with Crippen LogP contribution in [0, 0.1) is 0 Å². The van der Waals surface area contributed by atoms with Gasteiger partial charge in [0.15, 0.2) is 0 Å². The highest BCUT2D eigenvalue weighted by molar-refractivity contribution is 7.86. The van der Waals surface area contributed by atoms with Gasteiger partial charge in [0.05, 0.1) is 9.79 Å². The Hall–Kier alpha value is -3.33. The van der Waals surface area contributed by atoms with E-state index in [1.807, 2.05) is 6.92 Å². The fourth-order valence-corrected chi connectivity index (χ4v) is 3.65. The van der Waals surface area contributed by atoms with Gasteiger partial charge in [-0.2, -0.15) is 31.8 Å². The molecule has 0 bridgehead atoms. The number of hydrogen-bond acceptors (Lipinski definition) is 10. The largest absolute Gasteiger partial charge is 0.354 e. The molecule has 0 aliphatic carbocycles. The standard InChI is InChI=1S/C19H22N6O6S2/c1-2-3-11-20-17-23-18(21-13-7-9-15(10-8-13)32(26,27)28)25-19(24-17)22-14-5-4-6-16(12-14)33(29,30)31/h4-10,12H,2-3,11H2,1H3,(H,26,27,28)(H,29,30,31)(H3,20,21,22,23,24,25). The fourth-order valence-electron chi connectivity index (χ4n) is 2.65. The van der Waals surface area contributed by atoms with Crippen molar-refractivity contribution in [2.75, 3.05) is 22.5 Å². The smallest absolute Gasteiger partial charge is 0.294 e. The number of nitrogens with zero attached hydrogens (tertiary/aromatic N) is 3. The highest BCUT2D eigenvalue weighted by Crippen LogP contribution is 2.22. The van der Waals surface area contributed by atoms with E-state index in [4.69, 9.17) is 4.55 Å². The van der Waals surface area contributed by atoms with Gasteiger partial charge in [0, 0.05) is 17.9 Å². The molecule has 0 saturated carbocycles. The van der Waals surface area contributed by atoms with Crippen molar-refractivity contribution in [2.45, 2.75) is 29.6 Å². The summed E-state index contributed by atoms with van der Waals surface area (Å²) in [5, 5.41) is 8.87. The van der Waals surface area contributed by atoms with E-state index in [1.54, 1.807) is 6.07 Å². The molecule has 0 saturated heterocycles. The summed E-state index contributed by atoms with van der Waals surface area (Å²) < 4.78 is 63.6. The molecule has 1 heterocycles. The molecule has 3 rings (SSSR count). The molecule has 12 nitrogen and oxygen atoms in total. The monoisotopic (exact) mass is 494 g/mol. The molecule has 14 heteroatoms. The Morgan fingerprint density at radius 1 is 0.758 bits per heavy atom. The van der Waals surface area contributed by atoms with Gasteiger partial charge in [0.1, 0.15) is 0 Å². The molecule has 33 heavy (non-hydrogen) atoms. The second-order valence-electron chi connectivity index (χ2n) is 6.84. The average molecular weight is 495 g/mol. The number of benzene rings is 2. The Bertz CT molecular complexity index is 1330. The van der Waals surface area contributed by atoms with Crippen LogP contribution >= 0.6 is 0 Å². The van der Waals surface area contributed by atoms with Crippen molar-refractivity contribution in [3.63, 3.8) is 0 Å². The Balaban J connectivity index is 1.89. The number of anilines is 5. The van der Waals surface area contributed by atoms with Crippen molar-refractivity contribution < 1.29 is 25.9 Å². The van der Waals surface area contributed by atoms with E-state index in [0.717, 1.165) is 12.8 Å². The third-order valence-electron chi connectivity index (χ3n) is 4.25. The Morgan fingerprint density at radius 2 is 1.33 bits per heavy atom. The molecule has 0 radical (unpaired) electrons. The maximum atomic E-state index is 11.4. The first-order valence-corrected chi connectivity index (χ1v) is 12.6. The number of nitrogens with one attached hydrogen (secondary N) is 3. The number of hydrogen-bond donors (Lipinski definition) is 5. The normalized spacial score (nSPS) is 11.7. The van der Waals surface area contributed by atoms with Gasteiger partial charge < -0.3 is 16.0 Å². The Kier molecular flexibility index (Phi) is 7.43. The minimum Gasteiger partial charge on any atom is -0.354 e. The summed E-state index contributed by atoms with van der Waals surface area (Å²) in [6.07, 6.45) is 1.83. The third kappa shape index (κ3) is 7.08. The number of unbranched alkanes of at least 4 members (excludes halogenated alkanes) is 1. The summed E-state index contributed by atoms with van der Waals surface area (Å²) in [6.45, 7) is 2.65. The molecule has 0 amide bonds. The van der Waals surface area contributed by atoms with E-state index in [9.17, 15) is 21.4 Å². The summed E-state index contributed by atoms with van der Waals surface area (Å²) in [5.41, 5.74) is 0.770. The molecule has 176 valence electrons. The van der Waals surface area contributed by atoms with Gasteiger partial charge >= 0.3 is 0 Å². The fraction of sp³-hybridized carbons (Fsp3) is 0.211. The van der Waals surface area contributed by atoms with E-state index in [2.05, 4.69) is 30.9 Å². The lowest BCUT2D eigenvalue weighted by Crippen LogP contribution is -2.10. The van der Waals surface area contributed by atoms with Gasteiger partial charge in [0.2, 0.25) is 17.8 Å². The van der Waals surface area contributed by atoms with Crippen LogP contribution in [0.25, 0.3) is 0 Å². The van der Waals surface area contributed by atoms with E-state index >= 15 is 0 Å². The minimum absolute atomic E-state index is 0.0912. The lowest BCUT2D eigenvalue weighted by atomic mass is 10.3. The molecule has 0 spiro atoms. The first kappa shape index (κ1) is 24.3. The SMILES string of the molecule is CCCCNc1nc(Nc2ccc(S(=O)(=O)O)cc2)nc(Nc2cccc(S(=O)(=O)O)c2)n1. The Morgan fingerprint density at radius 3 is 1.91 bits per heavy atom. The first-order chi connectivity index (χ1) is 15.5. The van der Waals surface area contributed by atoms with Gasteiger partial charge in [-0.15, -0.1) is 0 Å². The molecule has 3 aromatic rings. The molecule has 1 aromatic heterocycles. The maximum Gasteiger partial charge on any atom is 0.294 e. The zero-order chi connectivity index (χ0) is 24.1. The third-order valence-corrected chi connectivity index (χ3v) is 5.96. The topological polar surface area (TPSA) is 184 Å². The molecule has 0 atom stereocenters. The van der Waals surface area contributed by atoms with Crippen LogP contribution in [0.2, 0.25) is 0 Å². The lowest BCUT2D eigenvalue weighted by molar-refractivity contribution is 0.481. The zero-order valence-corrected chi connectivity index (χ0v) is 19.1. The minimum atomic E-state index is -4.38. The summed E-state index contributed by atoms with van der Waals surface area (Å²) in [6, 6.07) is 10.8. The van der Waals surface area contributed by atoms with Gasteiger partial charge in [-0.1, -0.05) is 19.4 Å². The van der Waals surface area contributed by atoms with E-state index in [-0.39, 0.29) is 27.6 Å². The highest BCUT2D eigenvalue weighted by Gasteiger charge is 2.13. The molecule has 0 unspecified atom stereocenters. The van der Waals surface area contributed by atoms with Gasteiger partial charge in [-0.3, -0.25) is 9.11 Å². The average Bonchev–Trinajstić information content (AvgIpc) is 2.73. The van der Waals surface area contributed by atoms with Gasteiger partial charge in [-0.25, -0.2) is 0 Å². The number of rotatable bonds is 10. The molecule has 2 aromatic carbocycles. The van der Waals surface area contributed by atoms with Crippen molar-refractivity contribution >= 4 is 49.5 Å². The van der Waals surface area contributed by atoms with Crippen LogP contribution in [0.15, 0.2) is 58.3 Å². The van der Waals surface area contributed by atoms with Crippen LogP contribution in [0.4, 0.5) is 29.2 Å². The predicted molar refractivity (Wildman–Crippen MR) is 122 cm³/mol. The van der Waals surface area contributed by atoms with Crippen LogP contribution in [-0.2, 0) is 20.2 Å². The van der Waals surface area contributed by atoms with E-state index < -0.39 is 20.2 Å². The summed E-state index contributed by atoms with van der Waals surface area (Å²) in [7, 11) is -8.70. The summed E-state index contributed by atoms with van der Waals surface area (Å²) in [4.78, 5) is 12.3. The van der Waals surface area contributed by atoms with Crippen LogP contribution < -0.4 is 16.0 Å². The molecule has 0 aliphatic heterocycles. The molecule has 0 fully saturated rings. The van der Waals surface area contributed by atoms with Crippen LogP contribution in [0.5, 0.6) is 0 Å². The molecular weight excluding hydrogens is 472 g/mol. The molecule has 0 aliphatic rings. The second-order valence-corrected chi connectivity index (χ2v) is 9.68. The van der Waals surface area contributed by atoms with E-state index in [0.29, 0.717) is 17.9 Å². The molecular formula is C19H22N6O6S2. The quantitative estimate of drug-likeness (QED) is 0.205. The molecule has 5 N–H and O–H groups in total. The highest BCUT2D eigenvalue weighted by atomic mass is 32.2.